The van der Waals surface area contributed by atoms with E-state index in [4.69, 9.17) is 4.74 Å². The van der Waals surface area contributed by atoms with Crippen LogP contribution < -0.4 is 0 Å². The van der Waals surface area contributed by atoms with Crippen LogP contribution in [0.3, 0.4) is 0 Å². The number of hydrogen-bond acceptors (Lipinski definition) is 2. The van der Waals surface area contributed by atoms with Gasteiger partial charge in [-0.25, -0.2) is 0 Å². The van der Waals surface area contributed by atoms with E-state index in [0.717, 1.165) is 19.3 Å². The standard InChI is InChI=1S/C20H25BrO2/c1-13(2)16-8-6-10-18(19(16)22)20(21)12-15(23-3)11-14-7-4-5-9-17(14)20/h4-9,13,15-16,18H,10-12H2,1-3H3. The van der Waals surface area contributed by atoms with Crippen molar-refractivity contribution in [2.75, 3.05) is 7.11 Å². The lowest BCUT2D eigenvalue weighted by atomic mass is 9.67. The number of fused-ring (bicyclic) bond motifs is 1. The summed E-state index contributed by atoms with van der Waals surface area (Å²) in [5.74, 6) is 0.706. The minimum Gasteiger partial charge on any atom is -0.381 e. The Balaban J connectivity index is 2.03. The summed E-state index contributed by atoms with van der Waals surface area (Å²) in [6.45, 7) is 4.26. The number of alkyl halides is 1. The molecule has 2 nitrogen and oxygen atoms in total. The third-order valence-electron chi connectivity index (χ3n) is 5.43. The average molecular weight is 377 g/mol. The van der Waals surface area contributed by atoms with E-state index >= 15 is 0 Å². The Morgan fingerprint density at radius 1 is 1.30 bits per heavy atom. The second-order valence-electron chi connectivity index (χ2n) is 7.17. The van der Waals surface area contributed by atoms with Gasteiger partial charge >= 0.3 is 0 Å². The fourth-order valence-electron chi connectivity index (χ4n) is 4.13. The van der Waals surface area contributed by atoms with Crippen molar-refractivity contribution in [2.24, 2.45) is 17.8 Å². The van der Waals surface area contributed by atoms with Crippen LogP contribution in [0.25, 0.3) is 0 Å². The number of carbonyl (C=O) groups is 1. The van der Waals surface area contributed by atoms with Gasteiger partial charge < -0.3 is 4.74 Å². The predicted molar refractivity (Wildman–Crippen MR) is 96.7 cm³/mol. The maximum Gasteiger partial charge on any atom is 0.145 e. The molecule has 0 aromatic heterocycles. The summed E-state index contributed by atoms with van der Waals surface area (Å²) in [6.07, 6.45) is 7.01. The second kappa shape index (κ2) is 6.52. The first-order chi connectivity index (χ1) is 11.0. The molecule has 0 amide bonds. The molecular formula is C20H25BrO2. The summed E-state index contributed by atoms with van der Waals surface area (Å²) in [5.41, 5.74) is 2.57. The van der Waals surface area contributed by atoms with Gasteiger partial charge in [-0.2, -0.15) is 0 Å². The van der Waals surface area contributed by atoms with Gasteiger partial charge in [-0.3, -0.25) is 4.79 Å². The Kier molecular flexibility index (Phi) is 4.80. The lowest BCUT2D eigenvalue weighted by Crippen LogP contribution is -2.45. The number of ketones is 1. The van der Waals surface area contributed by atoms with E-state index in [1.165, 1.54) is 11.1 Å². The van der Waals surface area contributed by atoms with E-state index in [1.54, 1.807) is 7.11 Å². The van der Waals surface area contributed by atoms with Crippen molar-refractivity contribution in [3.63, 3.8) is 0 Å². The molecule has 2 aliphatic rings. The minimum atomic E-state index is -0.322. The van der Waals surface area contributed by atoms with E-state index in [1.807, 2.05) is 0 Å². The number of ether oxygens (including phenoxy) is 1. The van der Waals surface area contributed by atoms with Gasteiger partial charge in [0.2, 0.25) is 0 Å². The van der Waals surface area contributed by atoms with Crippen molar-refractivity contribution in [3.8, 4) is 0 Å². The fraction of sp³-hybridized carbons (Fsp3) is 0.550. The van der Waals surface area contributed by atoms with Gasteiger partial charge in [0.15, 0.2) is 0 Å². The number of methoxy groups -OCH3 is 1. The van der Waals surface area contributed by atoms with Gasteiger partial charge in [0.05, 0.1) is 10.4 Å². The zero-order valence-corrected chi connectivity index (χ0v) is 15.7. The molecule has 0 spiro atoms. The zero-order chi connectivity index (χ0) is 16.6. The van der Waals surface area contributed by atoms with E-state index < -0.39 is 0 Å². The first kappa shape index (κ1) is 16.9. The lowest BCUT2D eigenvalue weighted by Gasteiger charge is -2.44. The second-order valence-corrected chi connectivity index (χ2v) is 8.59. The Labute approximate surface area is 147 Å². The summed E-state index contributed by atoms with van der Waals surface area (Å²) in [5, 5.41) is 0. The van der Waals surface area contributed by atoms with Gasteiger partial charge in [0.1, 0.15) is 5.78 Å². The van der Waals surface area contributed by atoms with Crippen molar-refractivity contribution >= 4 is 21.7 Å². The van der Waals surface area contributed by atoms with E-state index in [-0.39, 0.29) is 22.3 Å². The third-order valence-corrected chi connectivity index (χ3v) is 6.73. The molecule has 0 aliphatic heterocycles. The van der Waals surface area contributed by atoms with Crippen LogP contribution in [0.15, 0.2) is 36.4 Å². The normalized spacial score (nSPS) is 33.8. The molecular weight excluding hydrogens is 352 g/mol. The molecule has 0 saturated heterocycles. The molecule has 4 unspecified atom stereocenters. The van der Waals surface area contributed by atoms with Crippen LogP contribution in [0.2, 0.25) is 0 Å². The number of carbonyl (C=O) groups excluding carboxylic acids is 1. The van der Waals surface area contributed by atoms with Crippen LogP contribution in [0.1, 0.15) is 37.8 Å². The molecule has 0 heterocycles. The van der Waals surface area contributed by atoms with Crippen LogP contribution in [0, 0.1) is 17.8 Å². The van der Waals surface area contributed by atoms with Gasteiger partial charge in [-0.15, -0.1) is 0 Å². The molecule has 1 aromatic rings. The third kappa shape index (κ3) is 2.94. The molecule has 1 aromatic carbocycles. The smallest absolute Gasteiger partial charge is 0.145 e. The van der Waals surface area contributed by atoms with Crippen molar-refractivity contribution in [3.05, 3.63) is 47.5 Å². The molecule has 0 bridgehead atoms. The lowest BCUT2D eigenvalue weighted by molar-refractivity contribution is -0.128. The minimum absolute atomic E-state index is 0.0262. The number of benzene rings is 1. The molecule has 3 heteroatoms. The first-order valence-corrected chi connectivity index (χ1v) is 9.27. The monoisotopic (exact) mass is 376 g/mol. The molecule has 0 radical (unpaired) electrons. The number of hydrogen-bond donors (Lipinski definition) is 0. The molecule has 3 rings (SSSR count). The van der Waals surface area contributed by atoms with Crippen LogP contribution >= 0.6 is 15.9 Å². The molecule has 2 aliphatic carbocycles. The maximum absolute atomic E-state index is 13.2. The maximum atomic E-state index is 13.2. The van der Waals surface area contributed by atoms with Gasteiger partial charge in [-0.05, 0) is 36.3 Å². The highest BCUT2D eigenvalue weighted by molar-refractivity contribution is 9.09. The Bertz CT molecular complexity index is 622. The van der Waals surface area contributed by atoms with E-state index in [0.29, 0.717) is 11.7 Å². The van der Waals surface area contributed by atoms with E-state index in [9.17, 15) is 4.79 Å². The highest BCUT2D eigenvalue weighted by Crippen LogP contribution is 2.51. The number of rotatable bonds is 3. The van der Waals surface area contributed by atoms with Crippen LogP contribution in [0.4, 0.5) is 0 Å². The summed E-state index contributed by atoms with van der Waals surface area (Å²) >= 11 is 4.02. The molecule has 23 heavy (non-hydrogen) atoms. The van der Waals surface area contributed by atoms with Crippen molar-refractivity contribution in [1.29, 1.82) is 0 Å². The van der Waals surface area contributed by atoms with Crippen LogP contribution in [0.5, 0.6) is 0 Å². The Morgan fingerprint density at radius 3 is 2.74 bits per heavy atom. The fourth-order valence-corrected chi connectivity index (χ4v) is 5.29. The van der Waals surface area contributed by atoms with Crippen LogP contribution in [-0.4, -0.2) is 19.0 Å². The predicted octanol–water partition coefficient (Wildman–Crippen LogP) is 4.66. The quantitative estimate of drug-likeness (QED) is 0.566. The zero-order valence-electron chi connectivity index (χ0n) is 14.1. The summed E-state index contributed by atoms with van der Waals surface area (Å²) in [6, 6.07) is 8.49. The van der Waals surface area contributed by atoms with Gasteiger partial charge in [-0.1, -0.05) is 66.2 Å². The van der Waals surface area contributed by atoms with Crippen molar-refractivity contribution in [1.82, 2.24) is 0 Å². The van der Waals surface area contributed by atoms with Crippen LogP contribution in [-0.2, 0) is 20.3 Å². The Morgan fingerprint density at radius 2 is 2.04 bits per heavy atom. The first-order valence-electron chi connectivity index (χ1n) is 8.48. The summed E-state index contributed by atoms with van der Waals surface area (Å²) < 4.78 is 5.36. The van der Waals surface area contributed by atoms with Gasteiger partial charge in [0, 0.05) is 18.9 Å². The molecule has 0 fully saturated rings. The van der Waals surface area contributed by atoms with E-state index in [2.05, 4.69) is 66.2 Å². The topological polar surface area (TPSA) is 26.3 Å². The summed E-state index contributed by atoms with van der Waals surface area (Å²) in [7, 11) is 1.77. The van der Waals surface area contributed by atoms with Gasteiger partial charge in [0.25, 0.3) is 0 Å². The van der Waals surface area contributed by atoms with Crippen molar-refractivity contribution < 1.29 is 9.53 Å². The largest absolute Gasteiger partial charge is 0.381 e. The number of halogens is 1. The summed E-state index contributed by atoms with van der Waals surface area (Å²) in [4.78, 5) is 13.2. The highest BCUT2D eigenvalue weighted by Gasteiger charge is 2.49. The molecule has 4 atom stereocenters. The highest BCUT2D eigenvalue weighted by atomic mass is 79.9. The number of Topliss-reactive ketones (excluding diaryl/α,β-unsaturated/α-hetero) is 1. The molecule has 0 N–H and O–H groups in total. The average Bonchev–Trinajstić information content (AvgIpc) is 2.54. The molecule has 124 valence electrons. The van der Waals surface area contributed by atoms with Crippen molar-refractivity contribution in [2.45, 2.75) is 43.5 Å². The number of allylic oxidation sites excluding steroid dienone is 2. The molecule has 0 saturated carbocycles. The SMILES string of the molecule is COC1Cc2ccccc2C(Br)(C2CC=CC(C(C)C)C2=O)C1. The Hall–Kier alpha value is -0.930.